The van der Waals surface area contributed by atoms with Crippen molar-refractivity contribution in [2.75, 3.05) is 7.11 Å². The summed E-state index contributed by atoms with van der Waals surface area (Å²) in [5, 5.41) is 9.56. The number of aryl methyl sites for hydroxylation is 1. The fraction of sp³-hybridized carbons (Fsp3) is 0.333. The Bertz CT molecular complexity index is 460. The van der Waals surface area contributed by atoms with Gasteiger partial charge in [-0.25, -0.2) is 0 Å². The van der Waals surface area contributed by atoms with Gasteiger partial charge < -0.3 is 9.84 Å². The Morgan fingerprint density at radius 3 is 2.29 bits per heavy atom. The standard InChI is InChI=1S/C12H11F3O2/c1-4-11(16,12(13,14)15)9-5-8(2)6-10(7-9)17-3/h1,5-7,16H,2-3H3. The van der Waals surface area contributed by atoms with E-state index in [4.69, 9.17) is 11.2 Å². The highest BCUT2D eigenvalue weighted by atomic mass is 19.4. The smallest absolute Gasteiger partial charge is 0.433 e. The lowest BCUT2D eigenvalue weighted by atomic mass is 9.92. The first-order chi connectivity index (χ1) is 7.74. The van der Waals surface area contributed by atoms with Crippen LogP contribution in [-0.4, -0.2) is 18.4 Å². The number of terminal acetylenes is 1. The lowest BCUT2D eigenvalue weighted by Gasteiger charge is -2.26. The second kappa shape index (κ2) is 4.30. The van der Waals surface area contributed by atoms with Gasteiger partial charge in [0.1, 0.15) is 5.75 Å². The van der Waals surface area contributed by atoms with Crippen molar-refractivity contribution < 1.29 is 23.0 Å². The zero-order valence-electron chi connectivity index (χ0n) is 9.30. The van der Waals surface area contributed by atoms with Crippen molar-refractivity contribution in [2.24, 2.45) is 0 Å². The molecule has 0 saturated heterocycles. The minimum atomic E-state index is -4.94. The maximum Gasteiger partial charge on any atom is 0.433 e. The zero-order chi connectivity index (χ0) is 13.3. The van der Waals surface area contributed by atoms with E-state index < -0.39 is 17.3 Å². The Morgan fingerprint density at radius 2 is 1.88 bits per heavy atom. The van der Waals surface area contributed by atoms with E-state index in [2.05, 4.69) is 0 Å². The highest BCUT2D eigenvalue weighted by molar-refractivity contribution is 5.41. The first-order valence-corrected chi connectivity index (χ1v) is 4.67. The molecule has 0 fully saturated rings. The number of rotatable bonds is 2. The van der Waals surface area contributed by atoms with Gasteiger partial charge in [0, 0.05) is 5.56 Å². The molecule has 0 aliphatic rings. The molecule has 0 radical (unpaired) electrons. The number of hydrogen-bond donors (Lipinski definition) is 1. The summed E-state index contributed by atoms with van der Waals surface area (Å²) in [6.45, 7) is 1.58. The van der Waals surface area contributed by atoms with Gasteiger partial charge in [0.15, 0.2) is 0 Å². The number of ether oxygens (including phenoxy) is 1. The second-order valence-electron chi connectivity index (χ2n) is 3.59. The second-order valence-corrected chi connectivity index (χ2v) is 3.59. The van der Waals surface area contributed by atoms with Gasteiger partial charge in [0.05, 0.1) is 7.11 Å². The Kier molecular flexibility index (Phi) is 3.39. The van der Waals surface area contributed by atoms with Crippen molar-refractivity contribution in [3.8, 4) is 18.1 Å². The van der Waals surface area contributed by atoms with E-state index in [0.29, 0.717) is 5.56 Å². The Morgan fingerprint density at radius 1 is 1.29 bits per heavy atom. The average Bonchev–Trinajstić information content (AvgIpc) is 2.25. The van der Waals surface area contributed by atoms with Gasteiger partial charge in [-0.05, 0) is 24.6 Å². The molecule has 0 saturated carbocycles. The van der Waals surface area contributed by atoms with Crippen molar-refractivity contribution in [1.82, 2.24) is 0 Å². The largest absolute Gasteiger partial charge is 0.497 e. The highest BCUT2D eigenvalue weighted by Crippen LogP contribution is 2.39. The molecule has 0 bridgehead atoms. The predicted molar refractivity (Wildman–Crippen MR) is 56.5 cm³/mol. The van der Waals surface area contributed by atoms with E-state index in [-0.39, 0.29) is 5.75 Å². The summed E-state index contributed by atoms with van der Waals surface area (Å²) in [7, 11) is 1.32. The molecule has 2 nitrogen and oxygen atoms in total. The molecular weight excluding hydrogens is 233 g/mol. The van der Waals surface area contributed by atoms with Crippen LogP contribution in [0.3, 0.4) is 0 Å². The normalized spacial score (nSPS) is 14.9. The Balaban J connectivity index is 3.41. The third-order valence-electron chi connectivity index (χ3n) is 2.32. The Labute approximate surface area is 97.0 Å². The number of benzene rings is 1. The van der Waals surface area contributed by atoms with Crippen molar-refractivity contribution >= 4 is 0 Å². The van der Waals surface area contributed by atoms with Gasteiger partial charge in [0.2, 0.25) is 5.60 Å². The first-order valence-electron chi connectivity index (χ1n) is 4.67. The molecule has 1 aromatic rings. The quantitative estimate of drug-likeness (QED) is 0.809. The molecule has 0 amide bonds. The van der Waals surface area contributed by atoms with Crippen molar-refractivity contribution in [3.63, 3.8) is 0 Å². The first kappa shape index (κ1) is 13.4. The number of methoxy groups -OCH3 is 1. The van der Waals surface area contributed by atoms with Crippen LogP contribution < -0.4 is 4.74 Å². The van der Waals surface area contributed by atoms with Gasteiger partial charge >= 0.3 is 6.18 Å². The minimum absolute atomic E-state index is 0.206. The van der Waals surface area contributed by atoms with E-state index in [1.165, 1.54) is 25.2 Å². The van der Waals surface area contributed by atoms with E-state index in [9.17, 15) is 18.3 Å². The maximum absolute atomic E-state index is 12.7. The Hall–Kier alpha value is -1.67. The summed E-state index contributed by atoms with van der Waals surface area (Å²) < 4.78 is 43.0. The fourth-order valence-corrected chi connectivity index (χ4v) is 1.40. The van der Waals surface area contributed by atoms with E-state index in [1.54, 1.807) is 6.92 Å². The number of aliphatic hydroxyl groups is 1. The van der Waals surface area contributed by atoms with Crippen LogP contribution in [0.1, 0.15) is 11.1 Å². The maximum atomic E-state index is 12.7. The van der Waals surface area contributed by atoms with Crippen molar-refractivity contribution in [1.29, 1.82) is 0 Å². The van der Waals surface area contributed by atoms with Crippen LogP contribution in [0.4, 0.5) is 13.2 Å². The lowest BCUT2D eigenvalue weighted by Crippen LogP contribution is -2.40. The third kappa shape index (κ3) is 2.37. The topological polar surface area (TPSA) is 29.5 Å². The van der Waals surface area contributed by atoms with Crippen LogP contribution in [0.15, 0.2) is 18.2 Å². The molecule has 1 N–H and O–H groups in total. The third-order valence-corrected chi connectivity index (χ3v) is 2.32. The van der Waals surface area contributed by atoms with E-state index in [1.807, 2.05) is 0 Å². The van der Waals surface area contributed by atoms with Gasteiger partial charge in [0.25, 0.3) is 0 Å². The van der Waals surface area contributed by atoms with E-state index in [0.717, 1.165) is 6.07 Å². The minimum Gasteiger partial charge on any atom is -0.497 e. The van der Waals surface area contributed by atoms with Crippen LogP contribution in [0.5, 0.6) is 5.75 Å². The summed E-state index contributed by atoms with van der Waals surface area (Å²) in [5.41, 5.74) is -3.21. The molecule has 0 aliphatic carbocycles. The van der Waals surface area contributed by atoms with Crippen LogP contribution in [0.2, 0.25) is 0 Å². The summed E-state index contributed by atoms with van der Waals surface area (Å²) in [5.74, 6) is 1.59. The van der Waals surface area contributed by atoms with Gasteiger partial charge in [-0.2, -0.15) is 13.2 Å². The molecule has 1 rings (SSSR count). The molecule has 5 heteroatoms. The highest BCUT2D eigenvalue weighted by Gasteiger charge is 2.54. The molecule has 0 aromatic heterocycles. The van der Waals surface area contributed by atoms with Gasteiger partial charge in [-0.15, -0.1) is 6.42 Å². The number of halogens is 3. The van der Waals surface area contributed by atoms with E-state index >= 15 is 0 Å². The predicted octanol–water partition coefficient (Wildman–Crippen LogP) is 2.39. The van der Waals surface area contributed by atoms with Crippen LogP contribution >= 0.6 is 0 Å². The van der Waals surface area contributed by atoms with Crippen molar-refractivity contribution in [2.45, 2.75) is 18.7 Å². The summed E-state index contributed by atoms with van der Waals surface area (Å²) in [6, 6.07) is 3.78. The lowest BCUT2D eigenvalue weighted by molar-refractivity contribution is -0.240. The molecule has 1 aromatic carbocycles. The molecule has 17 heavy (non-hydrogen) atoms. The number of hydrogen-bond acceptors (Lipinski definition) is 2. The molecule has 0 heterocycles. The average molecular weight is 244 g/mol. The molecule has 92 valence electrons. The van der Waals surface area contributed by atoms with Gasteiger partial charge in [-0.1, -0.05) is 12.0 Å². The fourth-order valence-electron chi connectivity index (χ4n) is 1.40. The SMILES string of the molecule is C#CC(O)(c1cc(C)cc(OC)c1)C(F)(F)F. The zero-order valence-corrected chi connectivity index (χ0v) is 9.30. The molecule has 0 spiro atoms. The molecule has 1 atom stereocenters. The monoisotopic (exact) mass is 244 g/mol. The number of alkyl halides is 3. The van der Waals surface area contributed by atoms with Crippen LogP contribution in [0.25, 0.3) is 0 Å². The molecular formula is C12H11F3O2. The molecule has 1 unspecified atom stereocenters. The summed E-state index contributed by atoms with van der Waals surface area (Å²) in [4.78, 5) is 0. The van der Waals surface area contributed by atoms with Crippen LogP contribution in [-0.2, 0) is 5.60 Å². The summed E-state index contributed by atoms with van der Waals surface area (Å²) in [6.07, 6.45) is -0.138. The summed E-state index contributed by atoms with van der Waals surface area (Å²) >= 11 is 0. The van der Waals surface area contributed by atoms with Crippen molar-refractivity contribution in [3.05, 3.63) is 29.3 Å². The van der Waals surface area contributed by atoms with Gasteiger partial charge in [-0.3, -0.25) is 0 Å². The van der Waals surface area contributed by atoms with Crippen LogP contribution in [0, 0.1) is 19.3 Å². The molecule has 0 aliphatic heterocycles.